The molecular formula is C31H30N4O3S. The summed E-state index contributed by atoms with van der Waals surface area (Å²) in [4.78, 5) is 15.6. The highest BCUT2D eigenvalue weighted by molar-refractivity contribution is 7.92. The molecule has 0 fully saturated rings. The largest absolute Gasteiger partial charge is 0.354 e. The molecule has 0 atom stereocenters. The van der Waals surface area contributed by atoms with Gasteiger partial charge in [0, 0.05) is 29.2 Å². The molecular weight excluding hydrogens is 508 g/mol. The van der Waals surface area contributed by atoms with Crippen LogP contribution in [0, 0.1) is 0 Å². The zero-order valence-electron chi connectivity index (χ0n) is 21.8. The number of carbonyl (C=O) groups excluding carboxylic acids is 1. The Labute approximate surface area is 229 Å². The summed E-state index contributed by atoms with van der Waals surface area (Å²) >= 11 is 0. The predicted octanol–water partition coefficient (Wildman–Crippen LogP) is 5.87. The highest BCUT2D eigenvalue weighted by atomic mass is 32.2. The second kappa shape index (κ2) is 11.1. The first-order chi connectivity index (χ1) is 18.8. The van der Waals surface area contributed by atoms with Crippen molar-refractivity contribution in [2.75, 3.05) is 28.9 Å². The number of benzene rings is 4. The Kier molecular flexibility index (Phi) is 7.49. The van der Waals surface area contributed by atoms with Crippen molar-refractivity contribution in [3.8, 4) is 0 Å². The van der Waals surface area contributed by atoms with Gasteiger partial charge in [-0.1, -0.05) is 67.6 Å². The van der Waals surface area contributed by atoms with Gasteiger partial charge < -0.3 is 15.5 Å². The lowest BCUT2D eigenvalue weighted by Gasteiger charge is -2.17. The lowest BCUT2D eigenvalue weighted by molar-refractivity contribution is -0.110. The number of para-hydroxylation sites is 1. The molecule has 0 aliphatic carbocycles. The van der Waals surface area contributed by atoms with Crippen LogP contribution in [0.4, 0.5) is 17.1 Å². The second-order valence-corrected chi connectivity index (χ2v) is 11.1. The Bertz CT molecular complexity index is 1620. The number of rotatable bonds is 9. The summed E-state index contributed by atoms with van der Waals surface area (Å²) in [5.74, 6) is -0.303. The van der Waals surface area contributed by atoms with Crippen molar-refractivity contribution in [2.45, 2.75) is 18.4 Å². The first-order valence-electron chi connectivity index (χ1n) is 12.7. The van der Waals surface area contributed by atoms with Crippen LogP contribution in [0.5, 0.6) is 0 Å². The van der Waals surface area contributed by atoms with Gasteiger partial charge in [-0.15, -0.1) is 0 Å². The highest BCUT2D eigenvalue weighted by Crippen LogP contribution is 2.39. The Hall–Kier alpha value is -4.40. The smallest absolute Gasteiger partial charge is 0.261 e. The molecule has 39 heavy (non-hydrogen) atoms. The maximum atomic E-state index is 13.3. The van der Waals surface area contributed by atoms with Crippen molar-refractivity contribution >= 4 is 44.3 Å². The minimum Gasteiger partial charge on any atom is -0.354 e. The maximum Gasteiger partial charge on any atom is 0.261 e. The van der Waals surface area contributed by atoms with Crippen LogP contribution < -0.4 is 15.4 Å². The molecule has 0 bridgehead atoms. The SMILES string of the molecule is CCN(C)Cc1ccc(N/C(=C2\C(=O)Nc3ccc(S(=O)(=O)Nc4ccccc4)cc32)c2ccccc2)cc1. The fraction of sp³-hybridized carbons (Fsp3) is 0.129. The van der Waals surface area contributed by atoms with Crippen molar-refractivity contribution < 1.29 is 13.2 Å². The van der Waals surface area contributed by atoms with Gasteiger partial charge >= 0.3 is 0 Å². The molecule has 8 heteroatoms. The van der Waals surface area contributed by atoms with Gasteiger partial charge in [0.25, 0.3) is 15.9 Å². The van der Waals surface area contributed by atoms with Gasteiger partial charge in [-0.3, -0.25) is 9.52 Å². The van der Waals surface area contributed by atoms with E-state index in [4.69, 9.17) is 0 Å². The summed E-state index contributed by atoms with van der Waals surface area (Å²) in [6, 6.07) is 31.0. The van der Waals surface area contributed by atoms with E-state index >= 15 is 0 Å². The molecule has 1 aliphatic heterocycles. The molecule has 1 amide bonds. The molecule has 0 radical (unpaired) electrons. The van der Waals surface area contributed by atoms with E-state index in [1.807, 2.05) is 48.5 Å². The van der Waals surface area contributed by atoms with Crippen LogP contribution in [0.1, 0.15) is 23.6 Å². The van der Waals surface area contributed by atoms with Gasteiger partial charge in [0.2, 0.25) is 0 Å². The Balaban J connectivity index is 1.56. The van der Waals surface area contributed by atoms with Gasteiger partial charge in [-0.25, -0.2) is 8.42 Å². The topological polar surface area (TPSA) is 90.5 Å². The predicted molar refractivity (Wildman–Crippen MR) is 158 cm³/mol. The van der Waals surface area contributed by atoms with E-state index in [9.17, 15) is 13.2 Å². The van der Waals surface area contributed by atoms with E-state index in [0.29, 0.717) is 28.2 Å². The number of carbonyl (C=O) groups is 1. The number of nitrogens with zero attached hydrogens (tertiary/aromatic N) is 1. The van der Waals surface area contributed by atoms with Crippen molar-refractivity contribution in [3.63, 3.8) is 0 Å². The number of sulfonamides is 1. The van der Waals surface area contributed by atoms with E-state index in [0.717, 1.165) is 24.3 Å². The Morgan fingerprint density at radius 2 is 1.51 bits per heavy atom. The number of nitrogens with one attached hydrogen (secondary N) is 3. The summed E-state index contributed by atoms with van der Waals surface area (Å²) in [6.07, 6.45) is 0. The molecule has 0 saturated heterocycles. The summed E-state index contributed by atoms with van der Waals surface area (Å²) in [5.41, 5.74) is 5.32. The van der Waals surface area contributed by atoms with Gasteiger partial charge in [0.1, 0.15) is 0 Å². The Morgan fingerprint density at radius 3 is 2.18 bits per heavy atom. The average Bonchev–Trinajstić information content (AvgIpc) is 3.28. The summed E-state index contributed by atoms with van der Waals surface area (Å²) in [5, 5.41) is 6.33. The van der Waals surface area contributed by atoms with Crippen LogP contribution >= 0.6 is 0 Å². The molecule has 5 rings (SSSR count). The Morgan fingerprint density at radius 1 is 0.846 bits per heavy atom. The average molecular weight is 539 g/mol. The summed E-state index contributed by atoms with van der Waals surface area (Å²) < 4.78 is 29.0. The molecule has 4 aromatic rings. The summed E-state index contributed by atoms with van der Waals surface area (Å²) in [7, 11) is -1.80. The van der Waals surface area contributed by atoms with E-state index < -0.39 is 10.0 Å². The third-order valence-electron chi connectivity index (χ3n) is 6.60. The fourth-order valence-electron chi connectivity index (χ4n) is 4.43. The third kappa shape index (κ3) is 5.87. The zero-order valence-corrected chi connectivity index (χ0v) is 22.6. The van der Waals surface area contributed by atoms with Crippen LogP contribution in [0.2, 0.25) is 0 Å². The van der Waals surface area contributed by atoms with Crippen molar-refractivity contribution in [2.24, 2.45) is 0 Å². The zero-order chi connectivity index (χ0) is 27.4. The lowest BCUT2D eigenvalue weighted by Crippen LogP contribution is -2.16. The molecule has 4 aromatic carbocycles. The molecule has 0 unspecified atom stereocenters. The molecule has 3 N–H and O–H groups in total. The van der Waals surface area contributed by atoms with Gasteiger partial charge in [-0.05, 0) is 67.2 Å². The molecule has 198 valence electrons. The second-order valence-electron chi connectivity index (χ2n) is 9.40. The number of hydrogen-bond acceptors (Lipinski definition) is 5. The maximum absolute atomic E-state index is 13.3. The molecule has 0 aromatic heterocycles. The minimum atomic E-state index is -3.88. The minimum absolute atomic E-state index is 0.0657. The standard InChI is InChI=1S/C31H30N4O3S/c1-3-35(2)21-22-14-16-24(17-15-22)32-30(23-10-6-4-7-11-23)29-27-20-26(18-19-28(27)33-31(29)36)39(37,38)34-25-12-8-5-9-13-25/h4-20,32,34H,3,21H2,1-2H3,(H,33,36)/b30-29-. The van der Waals surface area contributed by atoms with Gasteiger partial charge in [-0.2, -0.15) is 0 Å². The number of hydrogen-bond donors (Lipinski definition) is 3. The fourth-order valence-corrected chi connectivity index (χ4v) is 5.51. The van der Waals surface area contributed by atoms with Crippen molar-refractivity contribution in [3.05, 3.63) is 120 Å². The molecule has 1 heterocycles. The van der Waals surface area contributed by atoms with Crippen molar-refractivity contribution in [1.82, 2.24) is 4.90 Å². The van der Waals surface area contributed by atoms with Gasteiger partial charge in [0.15, 0.2) is 0 Å². The lowest BCUT2D eigenvalue weighted by atomic mass is 10.00. The van der Waals surface area contributed by atoms with Crippen LogP contribution in [0.25, 0.3) is 11.3 Å². The van der Waals surface area contributed by atoms with E-state index in [1.54, 1.807) is 36.4 Å². The van der Waals surface area contributed by atoms with E-state index in [2.05, 4.69) is 46.4 Å². The van der Waals surface area contributed by atoms with Crippen LogP contribution in [-0.2, 0) is 21.4 Å². The van der Waals surface area contributed by atoms with Crippen LogP contribution in [-0.4, -0.2) is 32.8 Å². The van der Waals surface area contributed by atoms with Gasteiger partial charge in [0.05, 0.1) is 16.2 Å². The normalized spacial score (nSPS) is 14.1. The quantitative estimate of drug-likeness (QED) is 0.232. The number of fused-ring (bicyclic) bond motifs is 1. The highest BCUT2D eigenvalue weighted by Gasteiger charge is 2.30. The van der Waals surface area contributed by atoms with E-state index in [1.165, 1.54) is 11.6 Å². The summed E-state index contributed by atoms with van der Waals surface area (Å²) in [6.45, 7) is 3.91. The first kappa shape index (κ1) is 26.2. The third-order valence-corrected chi connectivity index (χ3v) is 7.98. The number of amides is 1. The number of anilines is 3. The van der Waals surface area contributed by atoms with Crippen molar-refractivity contribution in [1.29, 1.82) is 0 Å². The first-order valence-corrected chi connectivity index (χ1v) is 14.2. The molecule has 0 saturated carbocycles. The van der Waals surface area contributed by atoms with Crippen LogP contribution in [0.15, 0.2) is 108 Å². The molecule has 0 spiro atoms. The molecule has 7 nitrogen and oxygen atoms in total. The van der Waals surface area contributed by atoms with Crippen LogP contribution in [0.3, 0.4) is 0 Å². The monoisotopic (exact) mass is 538 g/mol. The van der Waals surface area contributed by atoms with E-state index in [-0.39, 0.29) is 10.8 Å². The molecule has 1 aliphatic rings.